The van der Waals surface area contributed by atoms with Gasteiger partial charge in [0, 0.05) is 17.1 Å². The molecule has 0 saturated heterocycles. The van der Waals surface area contributed by atoms with E-state index in [1.54, 1.807) is 6.92 Å². The molecule has 2 aromatic rings. The molecule has 0 aliphatic carbocycles. The van der Waals surface area contributed by atoms with E-state index >= 15 is 0 Å². The molecule has 0 fully saturated rings. The van der Waals surface area contributed by atoms with E-state index in [1.165, 1.54) is 0 Å². The molecule has 1 aromatic carbocycles. The normalized spacial score (nSPS) is 14.6. The van der Waals surface area contributed by atoms with E-state index in [0.717, 1.165) is 16.5 Å². The zero-order valence-corrected chi connectivity index (χ0v) is 13.5. The van der Waals surface area contributed by atoms with Crippen molar-refractivity contribution in [2.24, 2.45) is 0 Å². The summed E-state index contributed by atoms with van der Waals surface area (Å²) in [6.45, 7) is 7.09. The van der Waals surface area contributed by atoms with E-state index in [0.29, 0.717) is 6.42 Å². The van der Waals surface area contributed by atoms with Crippen molar-refractivity contribution in [3.05, 3.63) is 36.0 Å². The van der Waals surface area contributed by atoms with Crippen LogP contribution in [-0.4, -0.2) is 33.9 Å². The first-order chi connectivity index (χ1) is 10.3. The number of aliphatic hydroxyl groups is 1. The van der Waals surface area contributed by atoms with Crippen LogP contribution in [0.1, 0.15) is 33.3 Å². The Morgan fingerprint density at radius 2 is 2.05 bits per heavy atom. The van der Waals surface area contributed by atoms with Gasteiger partial charge in [0.1, 0.15) is 5.60 Å². The van der Waals surface area contributed by atoms with Crippen molar-refractivity contribution in [3.8, 4) is 0 Å². The van der Waals surface area contributed by atoms with Crippen molar-refractivity contribution in [1.29, 1.82) is 0 Å². The van der Waals surface area contributed by atoms with Gasteiger partial charge in [-0.05, 0) is 45.7 Å². The number of carbonyl (C=O) groups excluding carboxylic acids is 1. The molecule has 1 aromatic heterocycles. The van der Waals surface area contributed by atoms with E-state index < -0.39 is 23.8 Å². The predicted molar refractivity (Wildman–Crippen MR) is 86.8 cm³/mol. The van der Waals surface area contributed by atoms with Crippen LogP contribution >= 0.6 is 0 Å². The fourth-order valence-corrected chi connectivity index (χ4v) is 2.34. The van der Waals surface area contributed by atoms with Gasteiger partial charge in [-0.1, -0.05) is 18.2 Å². The third kappa shape index (κ3) is 4.24. The van der Waals surface area contributed by atoms with Gasteiger partial charge in [-0.15, -0.1) is 0 Å². The van der Waals surface area contributed by atoms with Gasteiger partial charge in [0.05, 0.1) is 12.1 Å². The quantitative estimate of drug-likeness (QED) is 0.813. The Morgan fingerprint density at radius 1 is 1.36 bits per heavy atom. The van der Waals surface area contributed by atoms with Crippen LogP contribution in [-0.2, 0) is 11.2 Å². The van der Waals surface area contributed by atoms with Crippen LogP contribution < -0.4 is 5.32 Å². The van der Waals surface area contributed by atoms with Gasteiger partial charge < -0.3 is 20.1 Å². The summed E-state index contributed by atoms with van der Waals surface area (Å²) in [6.07, 6.45) is 1.25. The van der Waals surface area contributed by atoms with E-state index in [1.807, 2.05) is 51.2 Å². The molecular formula is C17H24N2O3. The first-order valence-corrected chi connectivity index (χ1v) is 7.49. The second kappa shape index (κ2) is 6.40. The first-order valence-electron chi connectivity index (χ1n) is 7.49. The maximum atomic E-state index is 11.9. The maximum Gasteiger partial charge on any atom is 0.407 e. The Kier molecular flexibility index (Phi) is 4.76. The van der Waals surface area contributed by atoms with Crippen molar-refractivity contribution in [2.45, 2.75) is 51.9 Å². The number of amides is 1. The van der Waals surface area contributed by atoms with Gasteiger partial charge in [0.2, 0.25) is 0 Å². The minimum Gasteiger partial charge on any atom is -0.444 e. The molecule has 0 saturated carbocycles. The number of alkyl carbamates (subject to hydrolysis) is 1. The second-order valence-corrected chi connectivity index (χ2v) is 6.56. The van der Waals surface area contributed by atoms with Gasteiger partial charge in [-0.2, -0.15) is 0 Å². The summed E-state index contributed by atoms with van der Waals surface area (Å²) in [5.74, 6) is 0. The van der Waals surface area contributed by atoms with Crippen molar-refractivity contribution < 1.29 is 14.6 Å². The summed E-state index contributed by atoms with van der Waals surface area (Å²) in [4.78, 5) is 15.1. The standard InChI is InChI=1S/C17H24N2O3/c1-11(20)15(19-16(21)22-17(2,3)4)9-12-10-18-14-8-6-5-7-13(12)14/h5-8,10-11,15,18,20H,9H2,1-4H3,(H,19,21)/t11-,15?/m1/s1. The second-order valence-electron chi connectivity index (χ2n) is 6.56. The first kappa shape index (κ1) is 16.4. The van der Waals surface area contributed by atoms with Crippen LogP contribution in [0.25, 0.3) is 10.9 Å². The van der Waals surface area contributed by atoms with Gasteiger partial charge >= 0.3 is 6.09 Å². The van der Waals surface area contributed by atoms with Crippen molar-refractivity contribution in [1.82, 2.24) is 10.3 Å². The lowest BCUT2D eigenvalue weighted by molar-refractivity contribution is 0.0438. The highest BCUT2D eigenvalue weighted by atomic mass is 16.6. The number of ether oxygens (including phenoxy) is 1. The summed E-state index contributed by atoms with van der Waals surface area (Å²) >= 11 is 0. The van der Waals surface area contributed by atoms with E-state index in [2.05, 4.69) is 10.3 Å². The molecule has 22 heavy (non-hydrogen) atoms. The van der Waals surface area contributed by atoms with E-state index in [-0.39, 0.29) is 0 Å². The van der Waals surface area contributed by atoms with Crippen molar-refractivity contribution >= 4 is 17.0 Å². The van der Waals surface area contributed by atoms with Crippen LogP contribution in [0.3, 0.4) is 0 Å². The number of fused-ring (bicyclic) bond motifs is 1. The molecule has 1 heterocycles. The fraction of sp³-hybridized carbons (Fsp3) is 0.471. The lowest BCUT2D eigenvalue weighted by atomic mass is 10.0. The fourth-order valence-electron chi connectivity index (χ4n) is 2.34. The molecule has 1 unspecified atom stereocenters. The van der Waals surface area contributed by atoms with Gasteiger partial charge in [0.15, 0.2) is 0 Å². The van der Waals surface area contributed by atoms with Gasteiger partial charge in [-0.25, -0.2) is 4.79 Å². The highest BCUT2D eigenvalue weighted by Gasteiger charge is 2.23. The number of hydrogen-bond donors (Lipinski definition) is 3. The van der Waals surface area contributed by atoms with Crippen LogP contribution in [0.5, 0.6) is 0 Å². The molecule has 0 aliphatic rings. The lowest BCUT2D eigenvalue weighted by Gasteiger charge is -2.25. The number of carbonyl (C=O) groups is 1. The van der Waals surface area contributed by atoms with Crippen molar-refractivity contribution in [2.75, 3.05) is 0 Å². The molecule has 2 rings (SSSR count). The minimum absolute atomic E-state index is 0.408. The number of hydrogen-bond acceptors (Lipinski definition) is 3. The molecule has 5 nitrogen and oxygen atoms in total. The van der Waals surface area contributed by atoms with Crippen LogP contribution in [0.15, 0.2) is 30.5 Å². The molecule has 120 valence electrons. The Balaban J connectivity index is 2.11. The summed E-state index contributed by atoms with van der Waals surface area (Å²) < 4.78 is 5.26. The molecule has 3 N–H and O–H groups in total. The number of aromatic nitrogens is 1. The summed E-state index contributed by atoms with van der Waals surface area (Å²) in [6, 6.07) is 7.55. The Morgan fingerprint density at radius 3 is 2.68 bits per heavy atom. The topological polar surface area (TPSA) is 74.4 Å². The summed E-state index contributed by atoms with van der Waals surface area (Å²) in [7, 11) is 0. The van der Waals surface area contributed by atoms with E-state index in [4.69, 9.17) is 4.74 Å². The third-order valence-electron chi connectivity index (χ3n) is 3.40. The summed E-state index contributed by atoms with van der Waals surface area (Å²) in [5, 5.41) is 13.8. The third-order valence-corrected chi connectivity index (χ3v) is 3.40. The smallest absolute Gasteiger partial charge is 0.407 e. The average Bonchev–Trinajstić information content (AvgIpc) is 2.79. The number of para-hydroxylation sites is 1. The highest BCUT2D eigenvalue weighted by molar-refractivity contribution is 5.83. The molecule has 0 spiro atoms. The molecule has 2 atom stereocenters. The number of aliphatic hydroxyl groups excluding tert-OH is 1. The van der Waals surface area contributed by atoms with Crippen LogP contribution in [0, 0.1) is 0 Å². The predicted octanol–water partition coefficient (Wildman–Crippen LogP) is 2.98. The Bertz CT molecular complexity index is 641. The largest absolute Gasteiger partial charge is 0.444 e. The number of benzene rings is 1. The monoisotopic (exact) mass is 304 g/mol. The van der Waals surface area contributed by atoms with Gasteiger partial charge in [-0.3, -0.25) is 0 Å². The average molecular weight is 304 g/mol. The number of rotatable bonds is 4. The lowest BCUT2D eigenvalue weighted by Crippen LogP contribution is -2.45. The molecule has 0 bridgehead atoms. The zero-order valence-electron chi connectivity index (χ0n) is 13.5. The Hall–Kier alpha value is -2.01. The molecule has 0 aliphatic heterocycles. The van der Waals surface area contributed by atoms with Gasteiger partial charge in [0.25, 0.3) is 0 Å². The number of nitrogens with one attached hydrogen (secondary N) is 2. The number of H-pyrrole nitrogens is 1. The maximum absolute atomic E-state index is 11.9. The van der Waals surface area contributed by atoms with Crippen molar-refractivity contribution in [3.63, 3.8) is 0 Å². The highest BCUT2D eigenvalue weighted by Crippen LogP contribution is 2.20. The van der Waals surface area contributed by atoms with Crippen LogP contribution in [0.4, 0.5) is 4.79 Å². The van der Waals surface area contributed by atoms with Crippen LogP contribution in [0.2, 0.25) is 0 Å². The zero-order chi connectivity index (χ0) is 16.3. The molecule has 5 heteroatoms. The molecule has 1 amide bonds. The number of aromatic amines is 1. The molecule has 0 radical (unpaired) electrons. The minimum atomic E-state index is -0.679. The molecular weight excluding hydrogens is 280 g/mol. The van der Waals surface area contributed by atoms with E-state index in [9.17, 15) is 9.90 Å². The SMILES string of the molecule is C[C@@H](O)C(Cc1c[nH]c2ccccc12)NC(=O)OC(C)(C)C. The summed E-state index contributed by atoms with van der Waals surface area (Å²) in [5.41, 5.74) is 1.53. The Labute approximate surface area is 130 Å².